The van der Waals surface area contributed by atoms with Gasteiger partial charge in [-0.25, -0.2) is 9.48 Å². The topological polar surface area (TPSA) is 99.2 Å². The quantitative estimate of drug-likeness (QED) is 0.788. The number of amides is 1. The second kappa shape index (κ2) is 7.92. The van der Waals surface area contributed by atoms with Crippen LogP contribution in [0.5, 0.6) is 0 Å². The molecule has 0 radical (unpaired) electrons. The van der Waals surface area contributed by atoms with E-state index < -0.39 is 11.5 Å². The maximum Gasteiger partial charge on any atom is 0.341 e. The predicted molar refractivity (Wildman–Crippen MR) is 103 cm³/mol. The molecule has 0 unspecified atom stereocenters. The smallest absolute Gasteiger partial charge is 0.341 e. The SMILES string of the molecule is CCOC(=O)c1cnn(-c2cccc(NC(=O)C3(N)CCCCC3)c2)c1C. The summed E-state index contributed by atoms with van der Waals surface area (Å²) in [5.74, 6) is -0.545. The number of carbonyl (C=O) groups excluding carboxylic acids is 2. The van der Waals surface area contributed by atoms with E-state index in [0.29, 0.717) is 36.4 Å². The molecular formula is C20H26N4O3. The van der Waals surface area contributed by atoms with Crippen molar-refractivity contribution in [2.45, 2.75) is 51.5 Å². The number of ether oxygens (including phenoxy) is 1. The van der Waals surface area contributed by atoms with E-state index in [0.717, 1.165) is 24.9 Å². The van der Waals surface area contributed by atoms with Crippen molar-refractivity contribution in [2.75, 3.05) is 11.9 Å². The third-order valence-corrected chi connectivity index (χ3v) is 5.05. The first kappa shape index (κ1) is 19.1. The Hall–Kier alpha value is -2.67. The monoisotopic (exact) mass is 370 g/mol. The van der Waals surface area contributed by atoms with Crippen LogP contribution >= 0.6 is 0 Å². The van der Waals surface area contributed by atoms with Gasteiger partial charge in [0.15, 0.2) is 0 Å². The molecule has 3 N–H and O–H groups in total. The number of anilines is 1. The van der Waals surface area contributed by atoms with Crippen LogP contribution in [0.15, 0.2) is 30.5 Å². The number of nitrogens with zero attached hydrogens (tertiary/aromatic N) is 2. The second-order valence-electron chi connectivity index (χ2n) is 7.00. The van der Waals surface area contributed by atoms with Crippen molar-refractivity contribution < 1.29 is 14.3 Å². The molecule has 144 valence electrons. The van der Waals surface area contributed by atoms with Crippen LogP contribution in [0.2, 0.25) is 0 Å². The molecule has 1 aliphatic carbocycles. The highest BCUT2D eigenvalue weighted by molar-refractivity contribution is 5.98. The molecule has 1 saturated carbocycles. The van der Waals surface area contributed by atoms with Gasteiger partial charge in [0.05, 0.1) is 29.7 Å². The normalized spacial score (nSPS) is 16.0. The molecule has 27 heavy (non-hydrogen) atoms. The molecule has 2 aromatic rings. The number of hydrogen-bond donors (Lipinski definition) is 2. The molecule has 1 aromatic heterocycles. The Kier molecular flexibility index (Phi) is 5.60. The van der Waals surface area contributed by atoms with Crippen molar-refractivity contribution >= 4 is 17.6 Å². The van der Waals surface area contributed by atoms with Crippen LogP contribution in [0.25, 0.3) is 5.69 Å². The highest BCUT2D eigenvalue weighted by Gasteiger charge is 2.35. The molecule has 0 aliphatic heterocycles. The van der Waals surface area contributed by atoms with E-state index in [2.05, 4.69) is 10.4 Å². The summed E-state index contributed by atoms with van der Waals surface area (Å²) in [5, 5.41) is 7.23. The van der Waals surface area contributed by atoms with Crippen molar-refractivity contribution in [3.63, 3.8) is 0 Å². The number of esters is 1. The van der Waals surface area contributed by atoms with Gasteiger partial charge < -0.3 is 15.8 Å². The van der Waals surface area contributed by atoms with E-state index in [4.69, 9.17) is 10.5 Å². The zero-order chi connectivity index (χ0) is 19.4. The number of carbonyl (C=O) groups is 2. The van der Waals surface area contributed by atoms with Crippen LogP contribution in [0.1, 0.15) is 55.1 Å². The van der Waals surface area contributed by atoms with Gasteiger partial charge in [0, 0.05) is 5.69 Å². The van der Waals surface area contributed by atoms with E-state index in [-0.39, 0.29) is 5.91 Å². The van der Waals surface area contributed by atoms with Crippen molar-refractivity contribution in [2.24, 2.45) is 5.73 Å². The van der Waals surface area contributed by atoms with Gasteiger partial charge in [-0.15, -0.1) is 0 Å². The fourth-order valence-corrected chi connectivity index (χ4v) is 3.46. The summed E-state index contributed by atoms with van der Waals surface area (Å²) in [6.45, 7) is 3.88. The minimum atomic E-state index is -0.799. The maximum atomic E-state index is 12.6. The van der Waals surface area contributed by atoms with Crippen LogP contribution in [-0.2, 0) is 9.53 Å². The third kappa shape index (κ3) is 4.03. The lowest BCUT2D eigenvalue weighted by atomic mass is 9.82. The van der Waals surface area contributed by atoms with Crippen molar-refractivity contribution in [1.29, 1.82) is 0 Å². The van der Waals surface area contributed by atoms with Crippen LogP contribution in [-0.4, -0.2) is 33.8 Å². The number of rotatable bonds is 5. The van der Waals surface area contributed by atoms with Crippen LogP contribution in [0.3, 0.4) is 0 Å². The largest absolute Gasteiger partial charge is 0.462 e. The fraction of sp³-hybridized carbons (Fsp3) is 0.450. The second-order valence-corrected chi connectivity index (χ2v) is 7.00. The van der Waals surface area contributed by atoms with E-state index in [1.54, 1.807) is 18.5 Å². The Labute approximate surface area is 158 Å². The molecule has 7 heteroatoms. The van der Waals surface area contributed by atoms with Gasteiger partial charge in [0.25, 0.3) is 0 Å². The zero-order valence-electron chi connectivity index (χ0n) is 15.8. The summed E-state index contributed by atoms with van der Waals surface area (Å²) in [6.07, 6.45) is 6.00. The molecule has 0 saturated heterocycles. The van der Waals surface area contributed by atoms with E-state index in [1.807, 2.05) is 24.3 Å². The highest BCUT2D eigenvalue weighted by atomic mass is 16.5. The number of nitrogens with two attached hydrogens (primary N) is 1. The Bertz CT molecular complexity index is 838. The minimum absolute atomic E-state index is 0.149. The van der Waals surface area contributed by atoms with Crippen LogP contribution < -0.4 is 11.1 Å². The van der Waals surface area contributed by atoms with Crippen molar-refractivity contribution in [3.8, 4) is 5.69 Å². The zero-order valence-corrected chi connectivity index (χ0v) is 15.8. The molecule has 1 amide bonds. The summed E-state index contributed by atoms with van der Waals surface area (Å²) >= 11 is 0. The molecule has 1 aliphatic rings. The minimum Gasteiger partial charge on any atom is -0.462 e. The highest BCUT2D eigenvalue weighted by Crippen LogP contribution is 2.27. The maximum absolute atomic E-state index is 12.6. The molecule has 1 aromatic carbocycles. The Morgan fingerprint density at radius 3 is 2.74 bits per heavy atom. The van der Waals surface area contributed by atoms with E-state index >= 15 is 0 Å². The van der Waals surface area contributed by atoms with Crippen LogP contribution in [0, 0.1) is 6.92 Å². The average Bonchev–Trinajstić information content (AvgIpc) is 3.04. The van der Waals surface area contributed by atoms with Gasteiger partial charge in [-0.05, 0) is 44.9 Å². The molecule has 0 bridgehead atoms. The number of hydrogen-bond acceptors (Lipinski definition) is 5. The number of aromatic nitrogens is 2. The summed E-state index contributed by atoms with van der Waals surface area (Å²) in [7, 11) is 0. The van der Waals surface area contributed by atoms with Crippen molar-refractivity contribution in [3.05, 3.63) is 41.7 Å². The Balaban J connectivity index is 1.80. The molecule has 3 rings (SSSR count). The summed E-state index contributed by atoms with van der Waals surface area (Å²) in [5.41, 5.74) is 8.01. The fourth-order valence-electron chi connectivity index (χ4n) is 3.46. The standard InChI is InChI=1S/C20H26N4O3/c1-3-27-18(25)17-13-22-24(14(17)2)16-9-7-8-15(12-16)23-19(26)20(21)10-5-4-6-11-20/h7-9,12-13H,3-6,10-11,21H2,1-2H3,(H,23,26). The molecule has 1 fully saturated rings. The lowest BCUT2D eigenvalue weighted by Crippen LogP contribution is -2.52. The van der Waals surface area contributed by atoms with Gasteiger partial charge in [0.2, 0.25) is 5.91 Å². The molecule has 7 nitrogen and oxygen atoms in total. The molecule has 0 atom stereocenters. The van der Waals surface area contributed by atoms with Gasteiger partial charge in [-0.2, -0.15) is 5.10 Å². The summed E-state index contributed by atoms with van der Waals surface area (Å²) in [6, 6.07) is 7.33. The summed E-state index contributed by atoms with van der Waals surface area (Å²) < 4.78 is 6.70. The first-order chi connectivity index (χ1) is 12.9. The van der Waals surface area contributed by atoms with E-state index in [1.165, 1.54) is 6.20 Å². The lowest BCUT2D eigenvalue weighted by molar-refractivity contribution is -0.122. The van der Waals surface area contributed by atoms with Gasteiger partial charge in [-0.3, -0.25) is 4.79 Å². The van der Waals surface area contributed by atoms with Crippen LogP contribution in [0.4, 0.5) is 5.69 Å². The first-order valence-corrected chi connectivity index (χ1v) is 9.37. The van der Waals surface area contributed by atoms with Gasteiger partial charge in [0.1, 0.15) is 5.56 Å². The van der Waals surface area contributed by atoms with Gasteiger partial charge >= 0.3 is 5.97 Å². The van der Waals surface area contributed by atoms with E-state index in [9.17, 15) is 9.59 Å². The molecular weight excluding hydrogens is 344 g/mol. The van der Waals surface area contributed by atoms with Gasteiger partial charge in [-0.1, -0.05) is 25.3 Å². The summed E-state index contributed by atoms with van der Waals surface area (Å²) in [4.78, 5) is 24.6. The lowest BCUT2D eigenvalue weighted by Gasteiger charge is -2.31. The Morgan fingerprint density at radius 2 is 2.04 bits per heavy atom. The average molecular weight is 370 g/mol. The first-order valence-electron chi connectivity index (χ1n) is 9.37. The molecule has 1 heterocycles. The Morgan fingerprint density at radius 1 is 1.30 bits per heavy atom. The third-order valence-electron chi connectivity index (χ3n) is 5.05. The van der Waals surface area contributed by atoms with Crippen molar-refractivity contribution in [1.82, 2.24) is 9.78 Å². The number of nitrogens with one attached hydrogen (secondary N) is 1. The number of benzene rings is 1. The molecule has 0 spiro atoms. The predicted octanol–water partition coefficient (Wildman–Crippen LogP) is 2.96.